The first-order chi connectivity index (χ1) is 25.1. The fourth-order valence-corrected chi connectivity index (χ4v) is 10.0. The van der Waals surface area contributed by atoms with Crippen LogP contribution in [-0.4, -0.2) is 0 Å². The van der Waals surface area contributed by atoms with Crippen LogP contribution in [-0.2, 0) is 10.8 Å². The minimum Gasteiger partial charge on any atom is -0.310 e. The fraction of sp³-hybridized carbons (Fsp3) is 0.0800. The van der Waals surface area contributed by atoms with Gasteiger partial charge < -0.3 is 4.90 Å². The van der Waals surface area contributed by atoms with Crippen LogP contribution < -0.4 is 4.90 Å². The second kappa shape index (κ2) is 10.2. The molecule has 0 saturated heterocycles. The minimum atomic E-state index is -0.402. The molecule has 240 valence electrons. The molecule has 8 aromatic carbocycles. The maximum Gasteiger partial charge on any atom is 0.0726 e. The van der Waals surface area contributed by atoms with E-state index in [2.05, 4.69) is 195 Å². The van der Waals surface area contributed by atoms with Crippen molar-refractivity contribution in [3.05, 3.63) is 209 Å². The van der Waals surface area contributed by atoms with Crippen LogP contribution in [0.1, 0.15) is 47.2 Å². The molecule has 8 aromatic rings. The molecular weight excluding hydrogens is 615 g/mol. The average Bonchev–Trinajstić information content (AvgIpc) is 3.74. The van der Waals surface area contributed by atoms with Gasteiger partial charge >= 0.3 is 0 Å². The van der Waals surface area contributed by atoms with E-state index in [-0.39, 0.29) is 5.41 Å². The number of hydrogen-bond acceptors (Lipinski definition) is 1. The van der Waals surface area contributed by atoms with Crippen LogP contribution >= 0.6 is 0 Å². The van der Waals surface area contributed by atoms with Crippen molar-refractivity contribution in [3.63, 3.8) is 0 Å². The van der Waals surface area contributed by atoms with E-state index in [1.54, 1.807) is 0 Å². The summed E-state index contributed by atoms with van der Waals surface area (Å²) in [6, 6.07) is 65.8. The summed E-state index contributed by atoms with van der Waals surface area (Å²) in [5, 5.41) is 2.58. The Kier molecular flexibility index (Phi) is 5.72. The zero-order chi connectivity index (χ0) is 33.9. The van der Waals surface area contributed by atoms with Crippen molar-refractivity contribution in [2.24, 2.45) is 0 Å². The van der Waals surface area contributed by atoms with Gasteiger partial charge in [0.05, 0.1) is 11.1 Å². The van der Waals surface area contributed by atoms with Gasteiger partial charge in [-0.25, -0.2) is 0 Å². The Morgan fingerprint density at radius 3 is 1.51 bits per heavy atom. The van der Waals surface area contributed by atoms with Crippen LogP contribution in [0.3, 0.4) is 0 Å². The lowest BCUT2D eigenvalue weighted by Gasteiger charge is -2.33. The Balaban J connectivity index is 1.22. The molecule has 0 saturated carbocycles. The molecule has 0 amide bonds. The van der Waals surface area contributed by atoms with Gasteiger partial charge in [-0.1, -0.05) is 159 Å². The zero-order valence-electron chi connectivity index (χ0n) is 28.7. The molecule has 3 aliphatic rings. The number of benzene rings is 8. The van der Waals surface area contributed by atoms with E-state index in [0.29, 0.717) is 0 Å². The largest absolute Gasteiger partial charge is 0.310 e. The lowest BCUT2D eigenvalue weighted by atomic mass is 9.70. The first-order valence-corrected chi connectivity index (χ1v) is 18.0. The zero-order valence-corrected chi connectivity index (χ0v) is 28.7. The second-order valence-electron chi connectivity index (χ2n) is 14.8. The molecule has 1 nitrogen and oxygen atoms in total. The topological polar surface area (TPSA) is 3.24 Å². The lowest BCUT2D eigenvalue weighted by Crippen LogP contribution is -2.26. The second-order valence-corrected chi connectivity index (χ2v) is 14.8. The first-order valence-electron chi connectivity index (χ1n) is 18.0. The lowest BCUT2D eigenvalue weighted by molar-refractivity contribution is 0.666. The molecule has 0 aromatic heterocycles. The number of para-hydroxylation sites is 1. The quantitative estimate of drug-likeness (QED) is 0.184. The molecule has 0 N–H and O–H groups in total. The van der Waals surface area contributed by atoms with Crippen molar-refractivity contribution in [1.29, 1.82) is 0 Å². The molecule has 0 aliphatic heterocycles. The number of fused-ring (bicyclic) bond motifs is 15. The Hall–Kier alpha value is -6.18. The van der Waals surface area contributed by atoms with Gasteiger partial charge in [-0.15, -0.1) is 0 Å². The molecule has 0 radical (unpaired) electrons. The normalized spacial score (nSPS) is 14.8. The predicted molar refractivity (Wildman–Crippen MR) is 212 cm³/mol. The standard InChI is InChI=1S/C50H35N/c1-49(2)41-22-10-6-21-38(41)40-29-27-32-15-14-26-46(47(32)48(40)49)51(33-16-4-3-5-17-33)34-28-30-39-37-20-9-13-25-44(37)50(45(39)31-34)42-23-11-7-18-35(42)36-19-8-12-24-43(36)50/h3-31H,1-2H3. The van der Waals surface area contributed by atoms with Crippen molar-refractivity contribution in [3.8, 4) is 33.4 Å². The van der Waals surface area contributed by atoms with Gasteiger partial charge in [-0.3, -0.25) is 0 Å². The summed E-state index contributed by atoms with van der Waals surface area (Å²) in [4.78, 5) is 2.51. The van der Waals surface area contributed by atoms with E-state index in [4.69, 9.17) is 0 Å². The van der Waals surface area contributed by atoms with Crippen LogP contribution in [0.15, 0.2) is 176 Å². The third-order valence-corrected chi connectivity index (χ3v) is 12.0. The Bertz CT molecular complexity index is 2670. The molecule has 0 atom stereocenters. The van der Waals surface area contributed by atoms with Crippen molar-refractivity contribution in [1.82, 2.24) is 0 Å². The van der Waals surface area contributed by atoms with Crippen molar-refractivity contribution < 1.29 is 0 Å². The maximum atomic E-state index is 2.51. The molecular formula is C50H35N. The molecule has 3 aliphatic carbocycles. The summed E-state index contributed by atoms with van der Waals surface area (Å²) in [6.45, 7) is 4.79. The molecule has 0 bridgehead atoms. The number of rotatable bonds is 3. The van der Waals surface area contributed by atoms with E-state index in [1.165, 1.54) is 83.2 Å². The van der Waals surface area contributed by atoms with Crippen molar-refractivity contribution in [2.45, 2.75) is 24.7 Å². The highest BCUT2D eigenvalue weighted by Gasteiger charge is 2.51. The Morgan fingerprint density at radius 2 is 0.882 bits per heavy atom. The van der Waals surface area contributed by atoms with Gasteiger partial charge in [0.2, 0.25) is 0 Å². The summed E-state index contributed by atoms with van der Waals surface area (Å²) in [6.07, 6.45) is 0. The molecule has 51 heavy (non-hydrogen) atoms. The molecule has 11 rings (SSSR count). The van der Waals surface area contributed by atoms with Gasteiger partial charge in [0, 0.05) is 22.2 Å². The van der Waals surface area contributed by atoms with Gasteiger partial charge in [0.1, 0.15) is 0 Å². The van der Waals surface area contributed by atoms with E-state index in [0.717, 1.165) is 11.4 Å². The maximum absolute atomic E-state index is 2.51. The highest BCUT2D eigenvalue weighted by molar-refractivity contribution is 6.07. The fourth-order valence-electron chi connectivity index (χ4n) is 10.0. The van der Waals surface area contributed by atoms with Crippen LogP contribution in [0, 0.1) is 0 Å². The highest BCUT2D eigenvalue weighted by Crippen LogP contribution is 2.63. The van der Waals surface area contributed by atoms with Crippen LogP contribution in [0.25, 0.3) is 44.2 Å². The summed E-state index contributed by atoms with van der Waals surface area (Å²) in [5.74, 6) is 0. The van der Waals surface area contributed by atoms with Crippen molar-refractivity contribution >= 4 is 27.8 Å². The van der Waals surface area contributed by atoms with Gasteiger partial charge in [-0.05, 0) is 102 Å². The molecule has 1 spiro atoms. The number of nitrogens with zero attached hydrogens (tertiary/aromatic N) is 1. The van der Waals surface area contributed by atoms with E-state index in [9.17, 15) is 0 Å². The van der Waals surface area contributed by atoms with Crippen LogP contribution in [0.2, 0.25) is 0 Å². The van der Waals surface area contributed by atoms with Gasteiger partial charge in [-0.2, -0.15) is 0 Å². The Labute approximate surface area is 299 Å². The summed E-state index contributed by atoms with van der Waals surface area (Å²) in [7, 11) is 0. The summed E-state index contributed by atoms with van der Waals surface area (Å²) in [5.41, 5.74) is 19.2. The minimum absolute atomic E-state index is 0.148. The average molecular weight is 650 g/mol. The molecule has 0 heterocycles. The van der Waals surface area contributed by atoms with E-state index in [1.807, 2.05) is 0 Å². The highest BCUT2D eigenvalue weighted by atomic mass is 15.1. The molecule has 0 unspecified atom stereocenters. The summed E-state index contributed by atoms with van der Waals surface area (Å²) < 4.78 is 0. The van der Waals surface area contributed by atoms with E-state index < -0.39 is 5.41 Å². The Morgan fingerprint density at radius 1 is 0.373 bits per heavy atom. The van der Waals surface area contributed by atoms with E-state index >= 15 is 0 Å². The first kappa shape index (κ1) is 28.6. The molecule has 1 heteroatoms. The van der Waals surface area contributed by atoms with Gasteiger partial charge in [0.15, 0.2) is 0 Å². The number of anilines is 3. The molecule has 0 fully saturated rings. The van der Waals surface area contributed by atoms with Crippen LogP contribution in [0.5, 0.6) is 0 Å². The van der Waals surface area contributed by atoms with Gasteiger partial charge in [0.25, 0.3) is 0 Å². The third-order valence-electron chi connectivity index (χ3n) is 12.0. The third kappa shape index (κ3) is 3.60. The SMILES string of the molecule is CC1(C)c2ccccc2-c2ccc3cccc(N(c4ccccc4)c4ccc5c(c4)C4(c6ccccc6-c6ccccc64)c4ccccc4-5)c3c21. The monoisotopic (exact) mass is 649 g/mol. The van der Waals surface area contributed by atoms with Crippen molar-refractivity contribution in [2.75, 3.05) is 4.90 Å². The summed E-state index contributed by atoms with van der Waals surface area (Å²) >= 11 is 0. The van der Waals surface area contributed by atoms with Crippen LogP contribution in [0.4, 0.5) is 17.1 Å². The smallest absolute Gasteiger partial charge is 0.0726 e. The predicted octanol–water partition coefficient (Wildman–Crippen LogP) is 13.0. The number of hydrogen-bond donors (Lipinski definition) is 0.